The molecule has 0 aromatic heterocycles. The molecule has 0 spiro atoms. The zero-order valence-electron chi connectivity index (χ0n) is 9.76. The second kappa shape index (κ2) is 5.97. The molecule has 6 heteroatoms. The number of nitro benzene ring substituents is 1. The van der Waals surface area contributed by atoms with Crippen LogP contribution in [0.1, 0.15) is 13.8 Å². The molecular weight excluding hydrogens is 288 g/mol. The third-order valence-electron chi connectivity index (χ3n) is 2.41. The molecule has 5 nitrogen and oxygen atoms in total. The maximum Gasteiger partial charge on any atom is 0.292 e. The number of halogens is 1. The minimum absolute atomic E-state index is 0.0398. The van der Waals surface area contributed by atoms with Crippen LogP contribution in [0.25, 0.3) is 0 Å². The van der Waals surface area contributed by atoms with Gasteiger partial charge in [-0.05, 0) is 26.0 Å². The van der Waals surface area contributed by atoms with Crippen LogP contribution >= 0.6 is 15.9 Å². The van der Waals surface area contributed by atoms with E-state index >= 15 is 0 Å². The maximum absolute atomic E-state index is 11.0. The quantitative estimate of drug-likeness (QED) is 0.670. The minimum Gasteiger partial charge on any atom is -0.395 e. The molecule has 0 radical (unpaired) electrons. The van der Waals surface area contributed by atoms with Gasteiger partial charge in [0.25, 0.3) is 5.69 Å². The van der Waals surface area contributed by atoms with E-state index in [1.165, 1.54) is 6.07 Å². The molecule has 0 saturated heterocycles. The molecule has 1 aromatic carbocycles. The van der Waals surface area contributed by atoms with E-state index in [4.69, 9.17) is 5.11 Å². The van der Waals surface area contributed by atoms with Crippen molar-refractivity contribution in [3.63, 3.8) is 0 Å². The lowest BCUT2D eigenvalue weighted by atomic mass is 10.2. The molecule has 1 aromatic rings. The first kappa shape index (κ1) is 13.9. The summed E-state index contributed by atoms with van der Waals surface area (Å²) >= 11 is 3.30. The number of rotatable bonds is 5. The summed E-state index contributed by atoms with van der Waals surface area (Å²) in [4.78, 5) is 12.4. The van der Waals surface area contributed by atoms with Crippen LogP contribution in [0.3, 0.4) is 0 Å². The number of benzene rings is 1. The number of anilines is 1. The Morgan fingerprint density at radius 3 is 2.65 bits per heavy atom. The van der Waals surface area contributed by atoms with Crippen LogP contribution in [0.5, 0.6) is 0 Å². The predicted octanol–water partition coefficient (Wildman–Crippen LogP) is 2.56. The zero-order chi connectivity index (χ0) is 13.0. The van der Waals surface area contributed by atoms with Crippen molar-refractivity contribution in [3.8, 4) is 0 Å². The topological polar surface area (TPSA) is 66.6 Å². The van der Waals surface area contributed by atoms with E-state index in [0.29, 0.717) is 12.2 Å². The summed E-state index contributed by atoms with van der Waals surface area (Å²) in [5.74, 6) is 0. The van der Waals surface area contributed by atoms with Crippen LogP contribution in [0.4, 0.5) is 11.4 Å². The fourth-order valence-electron chi connectivity index (χ4n) is 1.65. The minimum atomic E-state index is -0.408. The summed E-state index contributed by atoms with van der Waals surface area (Å²) in [6.07, 6.45) is 0. The fourth-order valence-corrected chi connectivity index (χ4v) is 1.99. The number of nitro groups is 1. The highest BCUT2D eigenvalue weighted by atomic mass is 79.9. The molecule has 0 aliphatic rings. The van der Waals surface area contributed by atoms with Crippen LogP contribution in [-0.4, -0.2) is 29.2 Å². The highest BCUT2D eigenvalue weighted by Gasteiger charge is 2.21. The van der Waals surface area contributed by atoms with Gasteiger partial charge in [0.1, 0.15) is 5.69 Å². The van der Waals surface area contributed by atoms with E-state index in [2.05, 4.69) is 15.9 Å². The molecule has 0 aliphatic carbocycles. The lowest BCUT2D eigenvalue weighted by molar-refractivity contribution is -0.384. The Morgan fingerprint density at radius 1 is 1.53 bits per heavy atom. The van der Waals surface area contributed by atoms with E-state index in [1.54, 1.807) is 12.1 Å². The zero-order valence-corrected chi connectivity index (χ0v) is 11.3. The average Bonchev–Trinajstić information content (AvgIpc) is 2.24. The fraction of sp³-hybridized carbons (Fsp3) is 0.455. The largest absolute Gasteiger partial charge is 0.395 e. The average molecular weight is 303 g/mol. The summed E-state index contributed by atoms with van der Waals surface area (Å²) in [5.41, 5.74) is 0.573. The van der Waals surface area contributed by atoms with Crippen molar-refractivity contribution < 1.29 is 10.0 Å². The summed E-state index contributed by atoms with van der Waals surface area (Å²) in [5, 5.41) is 20.0. The molecule has 0 atom stereocenters. The van der Waals surface area contributed by atoms with E-state index < -0.39 is 4.92 Å². The first-order valence-corrected chi connectivity index (χ1v) is 6.08. The van der Waals surface area contributed by atoms with Gasteiger partial charge < -0.3 is 10.0 Å². The van der Waals surface area contributed by atoms with Crippen LogP contribution < -0.4 is 4.90 Å². The molecule has 0 bridgehead atoms. The van der Waals surface area contributed by atoms with E-state index in [9.17, 15) is 10.1 Å². The van der Waals surface area contributed by atoms with Gasteiger partial charge in [0, 0.05) is 23.1 Å². The van der Waals surface area contributed by atoms with Crippen molar-refractivity contribution in [2.75, 3.05) is 18.1 Å². The summed E-state index contributed by atoms with van der Waals surface area (Å²) in [6, 6.07) is 4.88. The van der Waals surface area contributed by atoms with Gasteiger partial charge in [0.2, 0.25) is 0 Å². The smallest absolute Gasteiger partial charge is 0.292 e. The third-order valence-corrected chi connectivity index (χ3v) is 2.90. The predicted molar refractivity (Wildman–Crippen MR) is 70.4 cm³/mol. The first-order chi connectivity index (χ1) is 7.97. The lowest BCUT2D eigenvalue weighted by Crippen LogP contribution is -2.33. The molecule has 94 valence electrons. The first-order valence-electron chi connectivity index (χ1n) is 5.28. The van der Waals surface area contributed by atoms with Crippen LogP contribution in [0.2, 0.25) is 0 Å². The Kier molecular flexibility index (Phi) is 4.89. The van der Waals surface area contributed by atoms with Crippen molar-refractivity contribution in [3.05, 3.63) is 32.8 Å². The normalized spacial score (nSPS) is 10.6. The number of hydrogen-bond donors (Lipinski definition) is 1. The molecular formula is C11H15BrN2O3. The molecule has 0 amide bonds. The highest BCUT2D eigenvalue weighted by Crippen LogP contribution is 2.32. The second-order valence-corrected chi connectivity index (χ2v) is 4.82. The van der Waals surface area contributed by atoms with Gasteiger partial charge >= 0.3 is 0 Å². The summed E-state index contributed by atoms with van der Waals surface area (Å²) in [7, 11) is 0. The molecule has 1 rings (SSSR count). The molecule has 1 N–H and O–H groups in total. The van der Waals surface area contributed by atoms with Crippen molar-refractivity contribution in [1.82, 2.24) is 0 Å². The molecule has 17 heavy (non-hydrogen) atoms. The highest BCUT2D eigenvalue weighted by molar-refractivity contribution is 9.10. The Morgan fingerprint density at radius 2 is 2.18 bits per heavy atom. The van der Waals surface area contributed by atoms with Gasteiger partial charge in [-0.25, -0.2) is 0 Å². The van der Waals surface area contributed by atoms with Crippen molar-refractivity contribution >= 4 is 27.3 Å². The lowest BCUT2D eigenvalue weighted by Gasteiger charge is -2.27. The standard InChI is InChI=1S/C11H15BrN2O3/c1-8(2)13(5-6-15)11-7-9(12)3-4-10(11)14(16)17/h3-4,7-8,15H,5-6H2,1-2H3. The van der Waals surface area contributed by atoms with Gasteiger partial charge in [0.05, 0.1) is 11.5 Å². The second-order valence-electron chi connectivity index (χ2n) is 3.90. The molecule has 0 saturated carbocycles. The molecule has 0 unspecified atom stereocenters. The maximum atomic E-state index is 11.0. The van der Waals surface area contributed by atoms with Gasteiger partial charge in [0.15, 0.2) is 0 Å². The third kappa shape index (κ3) is 3.41. The Bertz CT molecular complexity index is 410. The number of aliphatic hydroxyl groups is 1. The van der Waals surface area contributed by atoms with Crippen molar-refractivity contribution in [2.45, 2.75) is 19.9 Å². The van der Waals surface area contributed by atoms with Crippen LogP contribution in [0, 0.1) is 10.1 Å². The van der Waals surface area contributed by atoms with E-state index in [1.807, 2.05) is 18.7 Å². The Balaban J connectivity index is 3.24. The molecule has 0 heterocycles. The Labute approximate surface area is 108 Å². The van der Waals surface area contributed by atoms with Gasteiger partial charge in [-0.2, -0.15) is 0 Å². The SMILES string of the molecule is CC(C)N(CCO)c1cc(Br)ccc1[N+](=O)[O-]. The van der Waals surface area contributed by atoms with Gasteiger partial charge in [-0.3, -0.25) is 10.1 Å². The molecule has 0 fully saturated rings. The summed E-state index contributed by atoms with van der Waals surface area (Å²) in [6.45, 7) is 4.19. The summed E-state index contributed by atoms with van der Waals surface area (Å²) < 4.78 is 0.779. The number of nitrogens with zero attached hydrogens (tertiary/aromatic N) is 2. The van der Waals surface area contributed by atoms with Crippen molar-refractivity contribution in [1.29, 1.82) is 0 Å². The van der Waals surface area contributed by atoms with E-state index in [0.717, 1.165) is 4.47 Å². The van der Waals surface area contributed by atoms with Crippen LogP contribution in [0.15, 0.2) is 22.7 Å². The van der Waals surface area contributed by atoms with Gasteiger partial charge in [-0.1, -0.05) is 15.9 Å². The number of aliphatic hydroxyl groups excluding tert-OH is 1. The van der Waals surface area contributed by atoms with E-state index in [-0.39, 0.29) is 18.3 Å². The van der Waals surface area contributed by atoms with Crippen molar-refractivity contribution in [2.24, 2.45) is 0 Å². The Hall–Kier alpha value is -1.14. The van der Waals surface area contributed by atoms with Gasteiger partial charge in [-0.15, -0.1) is 0 Å². The molecule has 0 aliphatic heterocycles. The number of hydrogen-bond acceptors (Lipinski definition) is 4. The van der Waals surface area contributed by atoms with Crippen LogP contribution in [-0.2, 0) is 0 Å². The monoisotopic (exact) mass is 302 g/mol.